The van der Waals surface area contributed by atoms with E-state index in [2.05, 4.69) is 15.5 Å². The lowest BCUT2D eigenvalue weighted by Gasteiger charge is -2.18. The average molecular weight is 356 g/mol. The number of carbonyl (C=O) groups excluding carboxylic acids is 1. The number of amides is 1. The van der Waals surface area contributed by atoms with Gasteiger partial charge in [-0.15, -0.1) is 0 Å². The van der Waals surface area contributed by atoms with Crippen molar-refractivity contribution in [3.05, 3.63) is 71.1 Å². The molecule has 1 N–H and O–H groups in total. The molecule has 3 rings (SSSR count). The molecule has 1 heterocycles. The highest BCUT2D eigenvalue weighted by Crippen LogP contribution is 2.24. The quantitative estimate of drug-likeness (QED) is 0.730. The van der Waals surface area contributed by atoms with E-state index in [1.165, 1.54) is 0 Å². The molecule has 0 aliphatic rings. The summed E-state index contributed by atoms with van der Waals surface area (Å²) in [6.45, 7) is 3.95. The second-order valence-corrected chi connectivity index (χ2v) is 6.40. The smallest absolute Gasteiger partial charge is 0.253 e. The Labute approximate surface area is 151 Å². The fraction of sp³-hybridized carbons (Fsp3) is 0.211. The minimum absolute atomic E-state index is 0.0653. The largest absolute Gasteiger partial charge is 0.340 e. The van der Waals surface area contributed by atoms with E-state index in [9.17, 15) is 4.79 Å². The minimum Gasteiger partial charge on any atom is -0.340 e. The van der Waals surface area contributed by atoms with Crippen molar-refractivity contribution in [3.8, 4) is 11.4 Å². The van der Waals surface area contributed by atoms with Gasteiger partial charge in [0, 0.05) is 5.56 Å². The van der Waals surface area contributed by atoms with E-state index in [0.29, 0.717) is 22.3 Å². The number of nitrogens with one attached hydrogen (secondary N) is 1. The van der Waals surface area contributed by atoms with E-state index < -0.39 is 6.04 Å². The number of aromatic nitrogens is 2. The summed E-state index contributed by atoms with van der Waals surface area (Å²) >= 11 is 6.10. The van der Waals surface area contributed by atoms with E-state index in [-0.39, 0.29) is 11.8 Å². The number of hydrogen-bond acceptors (Lipinski definition) is 4. The number of nitrogens with zero attached hydrogens (tertiary/aromatic N) is 2. The molecule has 3 aromatic rings. The first-order valence-electron chi connectivity index (χ1n) is 8.00. The van der Waals surface area contributed by atoms with Crippen molar-refractivity contribution in [1.82, 2.24) is 15.5 Å². The van der Waals surface area contributed by atoms with Gasteiger partial charge in [-0.05, 0) is 18.1 Å². The molecular formula is C19H18ClN3O2. The minimum atomic E-state index is -0.409. The van der Waals surface area contributed by atoms with Gasteiger partial charge in [0.05, 0.1) is 10.6 Å². The summed E-state index contributed by atoms with van der Waals surface area (Å²) in [5, 5.41) is 7.36. The summed E-state index contributed by atoms with van der Waals surface area (Å²) in [7, 11) is 0. The van der Waals surface area contributed by atoms with Crippen LogP contribution in [0.5, 0.6) is 0 Å². The van der Waals surface area contributed by atoms with Crippen LogP contribution in [0.3, 0.4) is 0 Å². The zero-order chi connectivity index (χ0) is 17.8. The van der Waals surface area contributed by atoms with Crippen molar-refractivity contribution in [2.45, 2.75) is 19.9 Å². The van der Waals surface area contributed by atoms with Crippen LogP contribution in [0.1, 0.15) is 36.1 Å². The third-order valence-corrected chi connectivity index (χ3v) is 4.14. The van der Waals surface area contributed by atoms with Gasteiger partial charge >= 0.3 is 0 Å². The first-order valence-corrected chi connectivity index (χ1v) is 8.38. The van der Waals surface area contributed by atoms with E-state index in [1.54, 1.807) is 24.3 Å². The average Bonchev–Trinajstić information content (AvgIpc) is 3.10. The highest BCUT2D eigenvalue weighted by atomic mass is 35.5. The fourth-order valence-electron chi connectivity index (χ4n) is 2.44. The van der Waals surface area contributed by atoms with Crippen molar-refractivity contribution in [2.75, 3.05) is 0 Å². The summed E-state index contributed by atoms with van der Waals surface area (Å²) in [5.74, 6) is 0.654. The predicted octanol–water partition coefficient (Wildman–Crippen LogP) is 4.52. The maximum atomic E-state index is 12.5. The van der Waals surface area contributed by atoms with Gasteiger partial charge in [0.1, 0.15) is 6.04 Å². The normalized spacial score (nSPS) is 12.2. The molecule has 1 amide bonds. The maximum absolute atomic E-state index is 12.5. The molecule has 5 nitrogen and oxygen atoms in total. The number of carbonyl (C=O) groups is 1. The van der Waals surface area contributed by atoms with Gasteiger partial charge in [-0.1, -0.05) is 73.1 Å². The molecule has 0 saturated carbocycles. The molecule has 0 aliphatic heterocycles. The molecular weight excluding hydrogens is 338 g/mol. The Bertz CT molecular complexity index is 862. The van der Waals surface area contributed by atoms with Crippen molar-refractivity contribution < 1.29 is 9.32 Å². The van der Waals surface area contributed by atoms with Gasteiger partial charge in [-0.2, -0.15) is 4.98 Å². The first kappa shape index (κ1) is 17.2. The lowest BCUT2D eigenvalue weighted by Crippen LogP contribution is -2.32. The van der Waals surface area contributed by atoms with E-state index >= 15 is 0 Å². The SMILES string of the molecule is CC(C)[C@@H](NC(=O)c1ccccc1Cl)c1nc(-c2ccccc2)no1. The van der Waals surface area contributed by atoms with Crippen molar-refractivity contribution in [3.63, 3.8) is 0 Å². The number of hydrogen-bond donors (Lipinski definition) is 1. The van der Waals surface area contributed by atoms with Gasteiger partial charge in [-0.25, -0.2) is 0 Å². The fourth-order valence-corrected chi connectivity index (χ4v) is 2.67. The van der Waals surface area contributed by atoms with Crippen LogP contribution in [-0.4, -0.2) is 16.0 Å². The topological polar surface area (TPSA) is 68.0 Å². The lowest BCUT2D eigenvalue weighted by molar-refractivity contribution is 0.0914. The molecule has 128 valence electrons. The highest BCUT2D eigenvalue weighted by Gasteiger charge is 2.26. The van der Waals surface area contributed by atoms with E-state index in [4.69, 9.17) is 16.1 Å². The number of rotatable bonds is 5. The standard InChI is InChI=1S/C19H18ClN3O2/c1-12(2)16(21-18(24)14-10-6-7-11-15(14)20)19-22-17(23-25-19)13-8-4-3-5-9-13/h3-12,16H,1-2H3,(H,21,24)/t16-/m1/s1. The lowest BCUT2D eigenvalue weighted by atomic mass is 10.0. The van der Waals surface area contributed by atoms with Crippen molar-refractivity contribution in [1.29, 1.82) is 0 Å². The Morgan fingerprint density at radius 2 is 1.76 bits per heavy atom. The van der Waals surface area contributed by atoms with Crippen LogP contribution in [0.25, 0.3) is 11.4 Å². The zero-order valence-corrected chi connectivity index (χ0v) is 14.7. The summed E-state index contributed by atoms with van der Waals surface area (Å²) in [6, 6.07) is 16.0. The molecule has 0 aliphatic carbocycles. The predicted molar refractivity (Wildman–Crippen MR) is 96.2 cm³/mol. The Balaban J connectivity index is 1.84. The van der Waals surface area contributed by atoms with Crippen LogP contribution in [0.15, 0.2) is 59.1 Å². The molecule has 1 aromatic heterocycles. The van der Waals surface area contributed by atoms with Crippen LogP contribution >= 0.6 is 11.6 Å². The van der Waals surface area contributed by atoms with Crippen molar-refractivity contribution in [2.24, 2.45) is 5.92 Å². The Kier molecular flexibility index (Phi) is 5.14. The molecule has 0 spiro atoms. The second kappa shape index (κ2) is 7.49. The molecule has 6 heteroatoms. The summed E-state index contributed by atoms with van der Waals surface area (Å²) in [4.78, 5) is 17.0. The van der Waals surface area contributed by atoms with E-state index in [1.807, 2.05) is 44.2 Å². The molecule has 0 radical (unpaired) electrons. The van der Waals surface area contributed by atoms with Crippen LogP contribution in [0, 0.1) is 5.92 Å². The van der Waals surface area contributed by atoms with Gasteiger partial charge < -0.3 is 9.84 Å². The van der Waals surface area contributed by atoms with Crippen molar-refractivity contribution >= 4 is 17.5 Å². The Morgan fingerprint density at radius 1 is 1.08 bits per heavy atom. The van der Waals surface area contributed by atoms with Gasteiger partial charge in [0.25, 0.3) is 5.91 Å². The van der Waals surface area contributed by atoms with Crippen LogP contribution in [-0.2, 0) is 0 Å². The molecule has 1 atom stereocenters. The molecule has 0 bridgehead atoms. The third-order valence-electron chi connectivity index (χ3n) is 3.81. The summed E-state index contributed by atoms with van der Waals surface area (Å²) < 4.78 is 5.40. The zero-order valence-electron chi connectivity index (χ0n) is 13.9. The Morgan fingerprint density at radius 3 is 2.44 bits per heavy atom. The first-order chi connectivity index (χ1) is 12.1. The molecule has 0 fully saturated rings. The van der Waals surface area contributed by atoms with Gasteiger partial charge in [-0.3, -0.25) is 4.79 Å². The van der Waals surface area contributed by atoms with Crippen LogP contribution in [0.4, 0.5) is 0 Å². The highest BCUT2D eigenvalue weighted by molar-refractivity contribution is 6.33. The number of benzene rings is 2. The summed E-state index contributed by atoms with van der Waals surface area (Å²) in [5.41, 5.74) is 1.27. The van der Waals surface area contributed by atoms with E-state index in [0.717, 1.165) is 5.56 Å². The molecule has 0 unspecified atom stereocenters. The van der Waals surface area contributed by atoms with Crippen LogP contribution in [0.2, 0.25) is 5.02 Å². The van der Waals surface area contributed by atoms with Gasteiger partial charge in [0.15, 0.2) is 0 Å². The number of halogens is 1. The van der Waals surface area contributed by atoms with Crippen LogP contribution < -0.4 is 5.32 Å². The second-order valence-electron chi connectivity index (χ2n) is 6.00. The molecule has 0 saturated heterocycles. The molecule has 25 heavy (non-hydrogen) atoms. The van der Waals surface area contributed by atoms with Gasteiger partial charge in [0.2, 0.25) is 11.7 Å². The molecule has 2 aromatic carbocycles. The maximum Gasteiger partial charge on any atom is 0.253 e. The monoisotopic (exact) mass is 355 g/mol. The third kappa shape index (κ3) is 3.88. The summed E-state index contributed by atoms with van der Waals surface area (Å²) in [6.07, 6.45) is 0. The Hall–Kier alpha value is -2.66.